The van der Waals surface area contributed by atoms with Crippen molar-refractivity contribution in [1.29, 1.82) is 0 Å². The van der Waals surface area contributed by atoms with Gasteiger partial charge >= 0.3 is 0 Å². The standard InChI is InChI=1S/C14H26N4S/c1-6-14(7-2,19-5)10-17-12-11(4)9-16-13(18-12)15-8-3/h9H,6-8,10H2,1-5H3,(H2,15,16,17,18). The lowest BCUT2D eigenvalue weighted by Gasteiger charge is -2.30. The number of nitrogens with one attached hydrogen (secondary N) is 2. The first-order valence-corrected chi connectivity index (χ1v) is 8.19. The third-order valence-electron chi connectivity index (χ3n) is 3.61. The first-order valence-electron chi connectivity index (χ1n) is 6.97. The van der Waals surface area contributed by atoms with Gasteiger partial charge in [-0.25, -0.2) is 4.98 Å². The Morgan fingerprint density at radius 2 is 1.89 bits per heavy atom. The highest BCUT2D eigenvalue weighted by Crippen LogP contribution is 2.30. The molecule has 0 aliphatic heterocycles. The zero-order valence-corrected chi connectivity index (χ0v) is 13.5. The van der Waals surface area contributed by atoms with Crippen LogP contribution in [0.1, 0.15) is 39.2 Å². The number of rotatable bonds is 8. The second-order valence-corrected chi connectivity index (χ2v) is 5.98. The maximum atomic E-state index is 4.53. The fourth-order valence-corrected chi connectivity index (χ4v) is 2.76. The molecule has 1 aromatic rings. The minimum Gasteiger partial charge on any atom is -0.368 e. The zero-order valence-electron chi connectivity index (χ0n) is 12.7. The fourth-order valence-electron chi connectivity index (χ4n) is 1.97. The number of aryl methyl sites for hydroxylation is 1. The molecular formula is C14H26N4S. The minimum absolute atomic E-state index is 0.287. The van der Waals surface area contributed by atoms with E-state index in [0.717, 1.165) is 37.3 Å². The first-order chi connectivity index (χ1) is 9.10. The molecule has 0 aliphatic rings. The van der Waals surface area contributed by atoms with Gasteiger partial charge in [0.2, 0.25) is 5.95 Å². The summed E-state index contributed by atoms with van der Waals surface area (Å²) in [6, 6.07) is 0. The molecule has 0 unspecified atom stereocenters. The lowest BCUT2D eigenvalue weighted by atomic mass is 10.0. The van der Waals surface area contributed by atoms with Crippen molar-refractivity contribution in [1.82, 2.24) is 9.97 Å². The molecule has 108 valence electrons. The number of hydrogen-bond acceptors (Lipinski definition) is 5. The molecule has 0 atom stereocenters. The molecule has 0 saturated heterocycles. The van der Waals surface area contributed by atoms with Gasteiger partial charge in [0, 0.05) is 29.6 Å². The molecule has 0 amide bonds. The Morgan fingerprint density at radius 3 is 2.42 bits per heavy atom. The molecule has 0 saturated carbocycles. The molecule has 19 heavy (non-hydrogen) atoms. The van der Waals surface area contributed by atoms with Gasteiger partial charge in [-0.3, -0.25) is 0 Å². The average molecular weight is 282 g/mol. The van der Waals surface area contributed by atoms with Crippen LogP contribution in [0.3, 0.4) is 0 Å². The number of nitrogens with zero attached hydrogens (tertiary/aromatic N) is 2. The molecule has 0 spiro atoms. The van der Waals surface area contributed by atoms with Crippen LogP contribution in [0.15, 0.2) is 6.20 Å². The van der Waals surface area contributed by atoms with Crippen molar-refractivity contribution in [3.63, 3.8) is 0 Å². The largest absolute Gasteiger partial charge is 0.368 e. The van der Waals surface area contributed by atoms with Crippen molar-refractivity contribution in [2.24, 2.45) is 0 Å². The van der Waals surface area contributed by atoms with Gasteiger partial charge < -0.3 is 10.6 Å². The number of hydrogen-bond donors (Lipinski definition) is 2. The van der Waals surface area contributed by atoms with Gasteiger partial charge in [0.05, 0.1) is 0 Å². The summed E-state index contributed by atoms with van der Waals surface area (Å²) < 4.78 is 0.287. The van der Waals surface area contributed by atoms with Gasteiger partial charge in [-0.15, -0.1) is 0 Å². The van der Waals surface area contributed by atoms with Gasteiger partial charge in [-0.1, -0.05) is 13.8 Å². The minimum atomic E-state index is 0.287. The first kappa shape index (κ1) is 16.1. The van der Waals surface area contributed by atoms with Crippen molar-refractivity contribution < 1.29 is 0 Å². The molecule has 0 aromatic carbocycles. The second-order valence-electron chi connectivity index (χ2n) is 4.70. The lowest BCUT2D eigenvalue weighted by Crippen LogP contribution is -2.32. The molecule has 0 fully saturated rings. The number of thioether (sulfide) groups is 1. The summed E-state index contributed by atoms with van der Waals surface area (Å²) >= 11 is 1.94. The molecule has 0 radical (unpaired) electrons. The van der Waals surface area contributed by atoms with Crippen molar-refractivity contribution in [3.05, 3.63) is 11.8 Å². The fraction of sp³-hybridized carbons (Fsp3) is 0.714. The van der Waals surface area contributed by atoms with Crippen molar-refractivity contribution in [2.75, 3.05) is 30.0 Å². The maximum Gasteiger partial charge on any atom is 0.224 e. The quantitative estimate of drug-likeness (QED) is 0.763. The normalized spacial score (nSPS) is 11.4. The average Bonchev–Trinajstić information content (AvgIpc) is 2.44. The summed E-state index contributed by atoms with van der Waals surface area (Å²) in [4.78, 5) is 8.79. The SMILES string of the molecule is CCNc1ncc(C)c(NCC(CC)(CC)SC)n1. The Labute approximate surface area is 121 Å². The van der Waals surface area contributed by atoms with E-state index in [1.165, 1.54) is 0 Å². The molecule has 0 bridgehead atoms. The highest BCUT2D eigenvalue weighted by Gasteiger charge is 2.24. The highest BCUT2D eigenvalue weighted by molar-refractivity contribution is 8.00. The molecule has 2 N–H and O–H groups in total. The number of anilines is 2. The van der Waals surface area contributed by atoms with E-state index in [9.17, 15) is 0 Å². The third kappa shape index (κ3) is 4.27. The van der Waals surface area contributed by atoms with Crippen molar-refractivity contribution >= 4 is 23.5 Å². The monoisotopic (exact) mass is 282 g/mol. The van der Waals surface area contributed by atoms with E-state index in [1.54, 1.807) is 0 Å². The van der Waals surface area contributed by atoms with E-state index in [1.807, 2.05) is 31.8 Å². The van der Waals surface area contributed by atoms with E-state index < -0.39 is 0 Å². The smallest absolute Gasteiger partial charge is 0.224 e. The molecule has 1 rings (SSSR count). The summed E-state index contributed by atoms with van der Waals surface area (Å²) in [5, 5.41) is 6.64. The molecule has 5 heteroatoms. The maximum absolute atomic E-state index is 4.53. The van der Waals surface area contributed by atoms with E-state index in [-0.39, 0.29) is 4.75 Å². The Bertz CT molecular complexity index is 383. The van der Waals surface area contributed by atoms with Crippen LogP contribution < -0.4 is 10.6 Å². The van der Waals surface area contributed by atoms with Crippen LogP contribution >= 0.6 is 11.8 Å². The lowest BCUT2D eigenvalue weighted by molar-refractivity contribution is 0.573. The van der Waals surface area contributed by atoms with Gasteiger partial charge in [-0.05, 0) is 32.9 Å². The van der Waals surface area contributed by atoms with Crippen molar-refractivity contribution in [2.45, 2.75) is 45.3 Å². The molecule has 1 aromatic heterocycles. The number of aromatic nitrogens is 2. The van der Waals surface area contributed by atoms with Crippen LogP contribution in [0.5, 0.6) is 0 Å². The molecule has 0 aliphatic carbocycles. The summed E-state index contributed by atoms with van der Waals surface area (Å²) in [7, 11) is 0. The van der Waals surface area contributed by atoms with Gasteiger partial charge in [0.25, 0.3) is 0 Å². The van der Waals surface area contributed by atoms with Crippen LogP contribution in [0.2, 0.25) is 0 Å². The van der Waals surface area contributed by atoms with Crippen LogP contribution in [-0.4, -0.2) is 34.1 Å². The Hall–Kier alpha value is -0.970. The molecule has 4 nitrogen and oxygen atoms in total. The van der Waals surface area contributed by atoms with Crippen LogP contribution in [0.25, 0.3) is 0 Å². The van der Waals surface area contributed by atoms with Crippen LogP contribution in [0.4, 0.5) is 11.8 Å². The van der Waals surface area contributed by atoms with E-state index in [4.69, 9.17) is 0 Å². The highest BCUT2D eigenvalue weighted by atomic mass is 32.2. The van der Waals surface area contributed by atoms with Crippen LogP contribution in [0, 0.1) is 6.92 Å². The van der Waals surface area contributed by atoms with E-state index in [2.05, 4.69) is 40.7 Å². The van der Waals surface area contributed by atoms with E-state index >= 15 is 0 Å². The predicted octanol–water partition coefficient (Wildman–Crippen LogP) is 3.55. The zero-order chi connectivity index (χ0) is 14.3. The Balaban J connectivity index is 2.78. The summed E-state index contributed by atoms with van der Waals surface area (Å²) in [6.07, 6.45) is 6.36. The van der Waals surface area contributed by atoms with Crippen molar-refractivity contribution in [3.8, 4) is 0 Å². The molecular weight excluding hydrogens is 256 g/mol. The topological polar surface area (TPSA) is 49.8 Å². The summed E-state index contributed by atoms with van der Waals surface area (Å²) in [6.45, 7) is 10.4. The summed E-state index contributed by atoms with van der Waals surface area (Å²) in [5.74, 6) is 1.63. The van der Waals surface area contributed by atoms with E-state index in [0.29, 0.717) is 5.95 Å². The summed E-state index contributed by atoms with van der Waals surface area (Å²) in [5.41, 5.74) is 1.09. The third-order valence-corrected chi connectivity index (χ3v) is 5.19. The second kappa shape index (κ2) is 7.58. The van der Waals surface area contributed by atoms with Gasteiger partial charge in [0.15, 0.2) is 0 Å². The van der Waals surface area contributed by atoms with Gasteiger partial charge in [0.1, 0.15) is 5.82 Å². The Morgan fingerprint density at radius 1 is 1.21 bits per heavy atom. The predicted molar refractivity (Wildman–Crippen MR) is 86.3 cm³/mol. The van der Waals surface area contributed by atoms with Crippen LogP contribution in [-0.2, 0) is 0 Å². The Kier molecular flexibility index (Phi) is 6.42. The van der Waals surface area contributed by atoms with Gasteiger partial charge in [-0.2, -0.15) is 16.7 Å². The molecule has 1 heterocycles.